The van der Waals surface area contributed by atoms with Crippen LogP contribution in [0.5, 0.6) is 0 Å². The third-order valence-electron chi connectivity index (χ3n) is 5.31. The summed E-state index contributed by atoms with van der Waals surface area (Å²) >= 11 is 0. The van der Waals surface area contributed by atoms with E-state index in [4.69, 9.17) is 4.74 Å². The molecule has 7 heteroatoms. The zero-order valence-electron chi connectivity index (χ0n) is 16.5. The van der Waals surface area contributed by atoms with Crippen LogP contribution in [-0.4, -0.2) is 29.0 Å². The van der Waals surface area contributed by atoms with Gasteiger partial charge < -0.3 is 4.74 Å². The lowest BCUT2D eigenvalue weighted by molar-refractivity contribution is -0.384. The number of carbonyl (C=O) groups excluding carboxylic acids is 2. The van der Waals surface area contributed by atoms with E-state index in [1.54, 1.807) is 26.0 Å². The lowest BCUT2D eigenvalue weighted by Crippen LogP contribution is -2.39. The maximum Gasteiger partial charge on any atom is 0.315 e. The minimum Gasteiger partial charge on any atom is -0.465 e. The summed E-state index contributed by atoms with van der Waals surface area (Å²) < 4.78 is 5.26. The first-order valence-corrected chi connectivity index (χ1v) is 9.37. The first-order valence-electron chi connectivity index (χ1n) is 9.37. The SMILES string of the molecule is CCOC(=O)C1C(C)=NC2=C(C(=O)CC(C)(C)C2)[C@@H]1c1ccc([N+](=O)[O-])cc1. The monoisotopic (exact) mass is 384 g/mol. The van der Waals surface area contributed by atoms with Gasteiger partial charge in [0.1, 0.15) is 5.92 Å². The van der Waals surface area contributed by atoms with Crippen molar-refractivity contribution < 1.29 is 19.2 Å². The van der Waals surface area contributed by atoms with Crippen LogP contribution in [0.25, 0.3) is 0 Å². The molecule has 0 radical (unpaired) electrons. The van der Waals surface area contributed by atoms with Gasteiger partial charge >= 0.3 is 5.97 Å². The minimum absolute atomic E-state index is 0.0276. The summed E-state index contributed by atoms with van der Waals surface area (Å²) in [7, 11) is 0. The molecule has 2 aliphatic rings. The van der Waals surface area contributed by atoms with Gasteiger partial charge in [-0.1, -0.05) is 26.0 Å². The van der Waals surface area contributed by atoms with Gasteiger partial charge in [0.15, 0.2) is 5.78 Å². The minimum atomic E-state index is -0.717. The molecule has 1 aromatic carbocycles. The standard InChI is InChI=1S/C21H24N2O5/c1-5-28-20(25)17-12(2)22-15-10-21(3,4)11-16(24)19(15)18(17)13-6-8-14(9-7-13)23(26)27/h6-9,17-18H,5,10-11H2,1-4H3/t17?,18-/m1/s1. The maximum absolute atomic E-state index is 13.0. The summed E-state index contributed by atoms with van der Waals surface area (Å²) in [5, 5.41) is 11.0. The second-order valence-electron chi connectivity index (χ2n) is 8.11. The van der Waals surface area contributed by atoms with Gasteiger partial charge in [0.25, 0.3) is 5.69 Å². The molecule has 7 nitrogen and oxygen atoms in total. The highest BCUT2D eigenvalue weighted by Gasteiger charge is 2.46. The van der Waals surface area contributed by atoms with Gasteiger partial charge in [-0.25, -0.2) is 0 Å². The Bertz CT molecular complexity index is 896. The van der Waals surface area contributed by atoms with E-state index in [1.807, 2.05) is 13.8 Å². The fourth-order valence-electron chi connectivity index (χ4n) is 4.15. The lowest BCUT2D eigenvalue weighted by Gasteiger charge is -2.38. The summed E-state index contributed by atoms with van der Waals surface area (Å²) in [6, 6.07) is 6.03. The van der Waals surface area contributed by atoms with E-state index < -0.39 is 22.7 Å². The van der Waals surface area contributed by atoms with E-state index in [9.17, 15) is 19.7 Å². The largest absolute Gasteiger partial charge is 0.465 e. The van der Waals surface area contributed by atoms with Crippen molar-refractivity contribution in [3.63, 3.8) is 0 Å². The van der Waals surface area contributed by atoms with Crippen LogP contribution in [-0.2, 0) is 14.3 Å². The van der Waals surface area contributed by atoms with Crippen LogP contribution in [0.4, 0.5) is 5.69 Å². The number of esters is 1. The highest BCUT2D eigenvalue weighted by molar-refractivity contribution is 6.09. The molecule has 1 aromatic rings. The first-order chi connectivity index (χ1) is 13.1. The molecule has 0 spiro atoms. The third kappa shape index (κ3) is 3.61. The molecule has 0 aromatic heterocycles. The van der Waals surface area contributed by atoms with Gasteiger partial charge in [0, 0.05) is 41.5 Å². The van der Waals surface area contributed by atoms with Crippen molar-refractivity contribution in [1.82, 2.24) is 0 Å². The summed E-state index contributed by atoms with van der Waals surface area (Å²) in [6.45, 7) is 7.78. The molecule has 0 bridgehead atoms. The number of ether oxygens (including phenoxy) is 1. The van der Waals surface area contributed by atoms with Crippen molar-refractivity contribution in [3.8, 4) is 0 Å². The van der Waals surface area contributed by atoms with Crippen molar-refractivity contribution >= 4 is 23.2 Å². The Kier molecular flexibility index (Phi) is 5.19. The number of Topliss-reactive ketones (excluding diaryl/α,β-unsaturated/α-hetero) is 1. The van der Waals surface area contributed by atoms with Gasteiger partial charge in [-0.2, -0.15) is 0 Å². The summed E-state index contributed by atoms with van der Waals surface area (Å²) in [6.07, 6.45) is 1.02. The molecule has 1 aliphatic heterocycles. The maximum atomic E-state index is 13.0. The van der Waals surface area contributed by atoms with E-state index in [-0.39, 0.29) is 23.5 Å². The fourth-order valence-corrected chi connectivity index (χ4v) is 4.15. The van der Waals surface area contributed by atoms with Crippen molar-refractivity contribution in [2.24, 2.45) is 16.3 Å². The molecule has 1 aliphatic carbocycles. The number of ketones is 1. The zero-order chi connectivity index (χ0) is 20.6. The normalized spacial score (nSPS) is 23.7. The van der Waals surface area contributed by atoms with Crippen LogP contribution in [0.1, 0.15) is 52.0 Å². The topological polar surface area (TPSA) is 98.9 Å². The third-order valence-corrected chi connectivity index (χ3v) is 5.31. The van der Waals surface area contributed by atoms with Crippen molar-refractivity contribution in [1.29, 1.82) is 0 Å². The Morgan fingerprint density at radius 1 is 1.29 bits per heavy atom. The first kappa shape index (κ1) is 19.9. The van der Waals surface area contributed by atoms with Crippen molar-refractivity contribution in [2.75, 3.05) is 6.61 Å². The predicted molar refractivity (Wildman–Crippen MR) is 104 cm³/mol. The van der Waals surface area contributed by atoms with Crippen molar-refractivity contribution in [2.45, 2.75) is 46.5 Å². The van der Waals surface area contributed by atoms with Crippen LogP contribution in [0.2, 0.25) is 0 Å². The number of allylic oxidation sites excluding steroid dienone is 2. The summed E-state index contributed by atoms with van der Waals surface area (Å²) in [5.74, 6) is -1.72. The van der Waals surface area contributed by atoms with Gasteiger partial charge in [-0.15, -0.1) is 0 Å². The van der Waals surface area contributed by atoms with Crippen LogP contribution in [0.15, 0.2) is 40.5 Å². The molecule has 3 rings (SSSR count). The van der Waals surface area contributed by atoms with Crippen LogP contribution >= 0.6 is 0 Å². The molecular weight excluding hydrogens is 360 g/mol. The number of rotatable bonds is 4. The Morgan fingerprint density at radius 2 is 1.93 bits per heavy atom. The van der Waals surface area contributed by atoms with Crippen LogP contribution < -0.4 is 0 Å². The molecule has 148 valence electrons. The number of hydrogen-bond acceptors (Lipinski definition) is 6. The highest BCUT2D eigenvalue weighted by Crippen LogP contribution is 2.48. The highest BCUT2D eigenvalue weighted by atomic mass is 16.6. The number of nitro benzene ring substituents is 1. The van der Waals surface area contributed by atoms with Crippen LogP contribution in [0.3, 0.4) is 0 Å². The molecule has 0 N–H and O–H groups in total. The number of nitrogens with zero attached hydrogens (tertiary/aromatic N) is 2. The Morgan fingerprint density at radius 3 is 2.50 bits per heavy atom. The number of non-ortho nitro benzene ring substituents is 1. The number of hydrogen-bond donors (Lipinski definition) is 0. The number of carbonyl (C=O) groups is 2. The molecule has 0 fully saturated rings. The van der Waals surface area contributed by atoms with E-state index in [2.05, 4.69) is 4.99 Å². The average molecular weight is 384 g/mol. The number of nitro groups is 1. The predicted octanol–water partition coefficient (Wildman–Crippen LogP) is 3.98. The van der Waals surface area contributed by atoms with E-state index >= 15 is 0 Å². The number of aliphatic imine (C=N–C) groups is 1. The average Bonchev–Trinajstić information content (AvgIpc) is 2.59. The lowest BCUT2D eigenvalue weighted by atomic mass is 9.67. The van der Waals surface area contributed by atoms with Gasteiger partial charge in [0.2, 0.25) is 0 Å². The quantitative estimate of drug-likeness (QED) is 0.444. The van der Waals surface area contributed by atoms with Gasteiger partial charge in [-0.05, 0) is 31.2 Å². The molecular formula is C21H24N2O5. The van der Waals surface area contributed by atoms with Crippen LogP contribution in [0, 0.1) is 21.4 Å². The second kappa shape index (κ2) is 7.30. The number of benzene rings is 1. The second-order valence-corrected chi connectivity index (χ2v) is 8.11. The zero-order valence-corrected chi connectivity index (χ0v) is 16.5. The van der Waals surface area contributed by atoms with Gasteiger partial charge in [0.05, 0.1) is 11.5 Å². The van der Waals surface area contributed by atoms with E-state index in [0.29, 0.717) is 35.4 Å². The molecule has 0 saturated carbocycles. The van der Waals surface area contributed by atoms with Gasteiger partial charge in [-0.3, -0.25) is 24.7 Å². The van der Waals surface area contributed by atoms with Crippen molar-refractivity contribution in [3.05, 3.63) is 51.2 Å². The summed E-state index contributed by atoms with van der Waals surface area (Å²) in [5.41, 5.74) is 2.29. The van der Waals surface area contributed by atoms with E-state index in [0.717, 1.165) is 0 Å². The smallest absolute Gasteiger partial charge is 0.315 e. The van der Waals surface area contributed by atoms with E-state index in [1.165, 1.54) is 12.1 Å². The Balaban J connectivity index is 2.15. The molecule has 2 atom stereocenters. The molecule has 0 saturated heterocycles. The molecule has 1 heterocycles. The summed E-state index contributed by atoms with van der Waals surface area (Å²) in [4.78, 5) is 40.9. The fraction of sp³-hybridized carbons (Fsp3) is 0.476. The molecule has 28 heavy (non-hydrogen) atoms. The molecule has 0 amide bonds. The molecule has 1 unspecified atom stereocenters. The Labute approximate surface area is 163 Å². The Hall–Kier alpha value is -2.83.